The highest BCUT2D eigenvalue weighted by Gasteiger charge is 2.19. The van der Waals surface area contributed by atoms with Crippen molar-refractivity contribution >= 4 is 33.0 Å². The quantitative estimate of drug-likeness (QED) is 0.467. The third-order valence-corrected chi connectivity index (χ3v) is 3.88. The Morgan fingerprint density at radius 1 is 1.20 bits per heavy atom. The fourth-order valence-electron chi connectivity index (χ4n) is 2.15. The van der Waals surface area contributed by atoms with E-state index in [9.17, 15) is 10.1 Å². The second-order valence-corrected chi connectivity index (χ2v) is 5.12. The van der Waals surface area contributed by atoms with Crippen LogP contribution in [0.15, 0.2) is 42.5 Å². The molecule has 2 aromatic carbocycles. The van der Waals surface area contributed by atoms with Crippen molar-refractivity contribution in [3.05, 3.63) is 63.7 Å². The molecule has 0 spiro atoms. The number of hydrogen-bond acceptors (Lipinski definition) is 3. The van der Waals surface area contributed by atoms with E-state index in [1.54, 1.807) is 12.1 Å². The molecular weight excluding hydrogens is 320 g/mol. The van der Waals surface area contributed by atoms with Gasteiger partial charge < -0.3 is 4.90 Å². The summed E-state index contributed by atoms with van der Waals surface area (Å²) in [6, 6.07) is 13.1. The molecule has 0 N–H and O–H groups in total. The van der Waals surface area contributed by atoms with E-state index in [0.29, 0.717) is 11.0 Å². The molecule has 104 valence electrons. The summed E-state index contributed by atoms with van der Waals surface area (Å²) in [7, 11) is 1.85. The van der Waals surface area contributed by atoms with Crippen molar-refractivity contribution in [3.63, 3.8) is 0 Å². The Morgan fingerprint density at radius 2 is 1.90 bits per heavy atom. The molecule has 2 aromatic rings. The zero-order valence-corrected chi connectivity index (χ0v) is 12.9. The Bertz CT molecular complexity index is 644. The summed E-state index contributed by atoms with van der Waals surface area (Å²) in [6.07, 6.45) is 0. The maximum absolute atomic E-state index is 11.3. The van der Waals surface area contributed by atoms with E-state index in [4.69, 9.17) is 0 Å². The van der Waals surface area contributed by atoms with Crippen LogP contribution in [0.1, 0.15) is 11.1 Å². The number of aryl methyl sites for hydroxylation is 1. The molecule has 0 aromatic heterocycles. The van der Waals surface area contributed by atoms with Crippen molar-refractivity contribution < 1.29 is 4.92 Å². The van der Waals surface area contributed by atoms with E-state index in [1.807, 2.05) is 49.2 Å². The van der Waals surface area contributed by atoms with Crippen LogP contribution in [-0.4, -0.2) is 12.0 Å². The molecule has 0 radical (unpaired) electrons. The Labute approximate surface area is 126 Å². The smallest absolute Gasteiger partial charge is 0.293 e. The van der Waals surface area contributed by atoms with Gasteiger partial charge in [0.2, 0.25) is 0 Å². The zero-order valence-electron chi connectivity index (χ0n) is 11.3. The summed E-state index contributed by atoms with van der Waals surface area (Å²) >= 11 is 3.32. The van der Waals surface area contributed by atoms with Gasteiger partial charge in [0, 0.05) is 24.1 Å². The Balaban J connectivity index is 2.52. The van der Waals surface area contributed by atoms with Gasteiger partial charge >= 0.3 is 0 Å². The molecule has 0 heterocycles. The minimum absolute atomic E-state index is 0.118. The summed E-state index contributed by atoms with van der Waals surface area (Å²) in [5, 5.41) is 11.9. The van der Waals surface area contributed by atoms with Gasteiger partial charge in [-0.2, -0.15) is 0 Å². The van der Waals surface area contributed by atoms with Crippen LogP contribution in [0, 0.1) is 17.0 Å². The molecule has 2 rings (SSSR count). The molecular formula is C15H15BrN2O2. The monoisotopic (exact) mass is 334 g/mol. The largest absolute Gasteiger partial charge is 0.339 e. The molecule has 4 nitrogen and oxygen atoms in total. The van der Waals surface area contributed by atoms with Crippen LogP contribution in [0.5, 0.6) is 0 Å². The number of nitrogens with zero attached hydrogens (tertiary/aromatic N) is 2. The van der Waals surface area contributed by atoms with Crippen LogP contribution in [0.3, 0.4) is 0 Å². The SMILES string of the molecule is Cc1ccccc1N(C)c1ccc(CBr)cc1[N+](=O)[O-]. The molecule has 20 heavy (non-hydrogen) atoms. The van der Waals surface area contributed by atoms with Gasteiger partial charge in [0.05, 0.1) is 4.92 Å². The van der Waals surface area contributed by atoms with E-state index >= 15 is 0 Å². The average molecular weight is 335 g/mol. The molecule has 0 saturated heterocycles. The predicted octanol–water partition coefficient (Wildman–Crippen LogP) is 4.57. The number of hydrogen-bond donors (Lipinski definition) is 0. The number of rotatable bonds is 4. The minimum atomic E-state index is -0.337. The standard InChI is InChI=1S/C15H15BrN2O2/c1-11-5-3-4-6-13(11)17(2)14-8-7-12(10-16)9-15(14)18(19)20/h3-9H,10H2,1-2H3. The maximum atomic E-state index is 11.3. The van der Waals surface area contributed by atoms with Crippen molar-refractivity contribution in [1.29, 1.82) is 0 Å². The van der Waals surface area contributed by atoms with Gasteiger partial charge in [-0.1, -0.05) is 40.2 Å². The number of nitro groups is 1. The number of halogens is 1. The maximum Gasteiger partial charge on any atom is 0.293 e. The van der Waals surface area contributed by atoms with Crippen LogP contribution >= 0.6 is 15.9 Å². The highest BCUT2D eigenvalue weighted by atomic mass is 79.9. The van der Waals surface area contributed by atoms with E-state index in [1.165, 1.54) is 0 Å². The van der Waals surface area contributed by atoms with E-state index in [2.05, 4.69) is 15.9 Å². The van der Waals surface area contributed by atoms with Crippen molar-refractivity contribution in [2.45, 2.75) is 12.3 Å². The van der Waals surface area contributed by atoms with Gasteiger partial charge in [-0.05, 0) is 30.2 Å². The van der Waals surface area contributed by atoms with Crippen molar-refractivity contribution in [1.82, 2.24) is 0 Å². The van der Waals surface area contributed by atoms with Gasteiger partial charge in [-0.25, -0.2) is 0 Å². The lowest BCUT2D eigenvalue weighted by molar-refractivity contribution is -0.384. The summed E-state index contributed by atoms with van der Waals surface area (Å²) in [5.74, 6) is 0. The Morgan fingerprint density at radius 3 is 2.50 bits per heavy atom. The Kier molecular flexibility index (Phi) is 4.39. The van der Waals surface area contributed by atoms with Gasteiger partial charge in [-0.3, -0.25) is 10.1 Å². The third kappa shape index (κ3) is 2.82. The molecule has 0 atom stereocenters. The first-order valence-corrected chi connectivity index (χ1v) is 7.29. The Hall–Kier alpha value is -1.88. The molecule has 0 saturated carbocycles. The lowest BCUT2D eigenvalue weighted by atomic mass is 10.1. The summed E-state index contributed by atoms with van der Waals surface area (Å²) in [4.78, 5) is 12.8. The second-order valence-electron chi connectivity index (χ2n) is 4.56. The lowest BCUT2D eigenvalue weighted by Crippen LogP contribution is -2.12. The van der Waals surface area contributed by atoms with Crippen LogP contribution in [0.4, 0.5) is 17.1 Å². The summed E-state index contributed by atoms with van der Waals surface area (Å²) < 4.78 is 0. The molecule has 0 unspecified atom stereocenters. The lowest BCUT2D eigenvalue weighted by Gasteiger charge is -2.21. The molecule has 0 bridgehead atoms. The van der Waals surface area contributed by atoms with E-state index in [0.717, 1.165) is 16.8 Å². The first-order valence-electron chi connectivity index (χ1n) is 6.17. The molecule has 0 aliphatic rings. The van der Waals surface area contributed by atoms with E-state index in [-0.39, 0.29) is 10.6 Å². The van der Waals surface area contributed by atoms with Crippen molar-refractivity contribution in [2.75, 3.05) is 11.9 Å². The minimum Gasteiger partial charge on any atom is -0.339 e. The van der Waals surface area contributed by atoms with Crippen molar-refractivity contribution in [3.8, 4) is 0 Å². The van der Waals surface area contributed by atoms with Crippen LogP contribution < -0.4 is 4.90 Å². The number of benzene rings is 2. The first kappa shape index (κ1) is 14.5. The fourth-order valence-corrected chi connectivity index (χ4v) is 2.50. The molecule has 0 aliphatic heterocycles. The van der Waals surface area contributed by atoms with Gasteiger partial charge in [-0.15, -0.1) is 0 Å². The number of alkyl halides is 1. The summed E-state index contributed by atoms with van der Waals surface area (Å²) in [5.41, 5.74) is 3.64. The highest BCUT2D eigenvalue weighted by molar-refractivity contribution is 9.08. The normalized spacial score (nSPS) is 10.3. The third-order valence-electron chi connectivity index (χ3n) is 3.23. The van der Waals surface area contributed by atoms with Crippen molar-refractivity contribution in [2.24, 2.45) is 0 Å². The van der Waals surface area contributed by atoms with Crippen LogP contribution in [0.25, 0.3) is 0 Å². The first-order chi connectivity index (χ1) is 9.54. The fraction of sp³-hybridized carbons (Fsp3) is 0.200. The summed E-state index contributed by atoms with van der Waals surface area (Å²) in [6.45, 7) is 1.99. The molecule has 5 heteroatoms. The average Bonchev–Trinajstić information content (AvgIpc) is 2.46. The molecule has 0 amide bonds. The van der Waals surface area contributed by atoms with Crippen LogP contribution in [-0.2, 0) is 5.33 Å². The topological polar surface area (TPSA) is 46.4 Å². The number of nitro benzene ring substituents is 1. The molecule has 0 fully saturated rings. The molecule has 0 aliphatic carbocycles. The second kappa shape index (κ2) is 6.05. The number of para-hydroxylation sites is 1. The van der Waals surface area contributed by atoms with Crippen LogP contribution in [0.2, 0.25) is 0 Å². The number of anilines is 2. The predicted molar refractivity (Wildman–Crippen MR) is 85.0 cm³/mol. The van der Waals surface area contributed by atoms with Gasteiger partial charge in [0.15, 0.2) is 0 Å². The zero-order chi connectivity index (χ0) is 14.7. The van der Waals surface area contributed by atoms with E-state index < -0.39 is 0 Å². The highest BCUT2D eigenvalue weighted by Crippen LogP contribution is 2.34. The van der Waals surface area contributed by atoms with Gasteiger partial charge in [0.25, 0.3) is 5.69 Å². The van der Waals surface area contributed by atoms with Gasteiger partial charge in [0.1, 0.15) is 5.69 Å².